The summed E-state index contributed by atoms with van der Waals surface area (Å²) in [7, 11) is 0. The van der Waals surface area contributed by atoms with Gasteiger partial charge in [0, 0.05) is 44.1 Å². The number of hydrogen-bond acceptors (Lipinski definition) is 2. The largest absolute Gasteiger partial charge is 0.309 e. The third-order valence-electron chi connectivity index (χ3n) is 12.4. The van der Waals surface area contributed by atoms with Crippen LogP contribution in [0.3, 0.4) is 0 Å². The highest BCUT2D eigenvalue weighted by molar-refractivity contribution is 6.11. The number of nitrogens with zero attached hydrogens (tertiary/aromatic N) is 3. The van der Waals surface area contributed by atoms with Crippen molar-refractivity contribution in [2.75, 3.05) is 0 Å². The smallest absolute Gasteiger partial charge is 0.160 e. The average Bonchev–Trinajstić information content (AvgIpc) is 3.74. The zero-order chi connectivity index (χ0) is 39.7. The SMILES string of the molecule is Cc1c(-c2ccccc2)nc(-c2cccc(-n3c4ccccc4c4cc5c(cc43)C(C)(C)c3ccccc3-5)c2)nc1-c1cc(-c2ccccc2)cc(-c2ccccc2)c1. The van der Waals surface area contributed by atoms with E-state index in [1.165, 1.54) is 55.2 Å². The van der Waals surface area contributed by atoms with Crippen LogP contribution in [0.2, 0.25) is 0 Å². The van der Waals surface area contributed by atoms with Crippen LogP contribution in [-0.2, 0) is 5.41 Å². The van der Waals surface area contributed by atoms with Crippen molar-refractivity contribution in [1.82, 2.24) is 14.5 Å². The van der Waals surface area contributed by atoms with Gasteiger partial charge in [0.2, 0.25) is 0 Å². The highest BCUT2D eigenvalue weighted by Crippen LogP contribution is 2.51. The molecule has 0 saturated carbocycles. The first-order chi connectivity index (χ1) is 28.9. The van der Waals surface area contributed by atoms with E-state index in [9.17, 15) is 0 Å². The first-order valence-corrected chi connectivity index (χ1v) is 20.4. The summed E-state index contributed by atoms with van der Waals surface area (Å²) in [5.74, 6) is 0.691. The zero-order valence-corrected chi connectivity index (χ0v) is 33.3. The lowest BCUT2D eigenvalue weighted by Crippen LogP contribution is -2.14. The molecule has 10 aromatic rings. The number of para-hydroxylation sites is 1. The Hall–Kier alpha value is -7.36. The molecule has 0 atom stereocenters. The van der Waals surface area contributed by atoms with Crippen LogP contribution in [0.5, 0.6) is 0 Å². The fraction of sp³-hybridized carbons (Fsp3) is 0.0714. The van der Waals surface area contributed by atoms with E-state index in [-0.39, 0.29) is 5.41 Å². The average molecular weight is 756 g/mol. The Bertz CT molecular complexity index is 3170. The summed E-state index contributed by atoms with van der Waals surface area (Å²) in [6.45, 7) is 6.86. The summed E-state index contributed by atoms with van der Waals surface area (Å²) >= 11 is 0. The standard InChI is InChI=1S/C56H41N3/c1-36-53(39-22-11-6-12-23-39)57-55(58-54(36)43-31-41(37-18-7-4-8-19-37)30-42(32-43)38-20-9-5-10-21-38)40-24-17-25-44(33-40)59-51-29-16-14-27-46(51)48-34-47-45-26-13-15-28-49(45)56(2,3)50(47)35-52(48)59/h4-35H,1-3H3. The monoisotopic (exact) mass is 755 g/mol. The van der Waals surface area contributed by atoms with Gasteiger partial charge in [0.05, 0.1) is 22.4 Å². The Morgan fingerprint density at radius 3 is 1.64 bits per heavy atom. The van der Waals surface area contributed by atoms with Crippen LogP contribution in [0.4, 0.5) is 0 Å². The van der Waals surface area contributed by atoms with Gasteiger partial charge in [-0.25, -0.2) is 9.97 Å². The molecule has 0 radical (unpaired) electrons. The maximum absolute atomic E-state index is 5.48. The summed E-state index contributed by atoms with van der Waals surface area (Å²) in [4.78, 5) is 10.9. The molecule has 59 heavy (non-hydrogen) atoms. The Balaban J connectivity index is 1.12. The third kappa shape index (κ3) is 5.73. The molecule has 3 nitrogen and oxygen atoms in total. The van der Waals surface area contributed by atoms with Crippen LogP contribution in [0.15, 0.2) is 194 Å². The molecule has 0 saturated heterocycles. The van der Waals surface area contributed by atoms with E-state index in [4.69, 9.17) is 9.97 Å². The molecule has 2 aromatic heterocycles. The van der Waals surface area contributed by atoms with Crippen LogP contribution in [-0.4, -0.2) is 14.5 Å². The molecule has 3 heteroatoms. The van der Waals surface area contributed by atoms with Crippen molar-refractivity contribution in [3.05, 3.63) is 211 Å². The van der Waals surface area contributed by atoms with Crippen molar-refractivity contribution < 1.29 is 0 Å². The molecule has 2 heterocycles. The minimum atomic E-state index is -0.110. The number of hydrogen-bond donors (Lipinski definition) is 0. The van der Waals surface area contributed by atoms with Crippen molar-refractivity contribution in [3.8, 4) is 73.0 Å². The molecule has 11 rings (SSSR count). The number of aromatic nitrogens is 3. The quantitative estimate of drug-likeness (QED) is 0.169. The van der Waals surface area contributed by atoms with Crippen LogP contribution < -0.4 is 0 Å². The number of fused-ring (bicyclic) bond motifs is 6. The van der Waals surface area contributed by atoms with Gasteiger partial charge < -0.3 is 4.57 Å². The lowest BCUT2D eigenvalue weighted by atomic mass is 9.82. The van der Waals surface area contributed by atoms with E-state index in [0.717, 1.165) is 50.5 Å². The minimum absolute atomic E-state index is 0.110. The molecule has 0 unspecified atom stereocenters. The summed E-state index contributed by atoms with van der Waals surface area (Å²) < 4.78 is 2.43. The van der Waals surface area contributed by atoms with E-state index in [1.807, 2.05) is 0 Å². The van der Waals surface area contributed by atoms with Crippen molar-refractivity contribution in [1.29, 1.82) is 0 Å². The van der Waals surface area contributed by atoms with Crippen molar-refractivity contribution in [2.24, 2.45) is 0 Å². The van der Waals surface area contributed by atoms with E-state index in [0.29, 0.717) is 5.82 Å². The topological polar surface area (TPSA) is 30.7 Å². The minimum Gasteiger partial charge on any atom is -0.309 e. The van der Waals surface area contributed by atoms with Crippen molar-refractivity contribution in [3.63, 3.8) is 0 Å². The number of benzene rings is 8. The first-order valence-electron chi connectivity index (χ1n) is 20.4. The van der Waals surface area contributed by atoms with Gasteiger partial charge in [0.15, 0.2) is 5.82 Å². The molecule has 1 aliphatic rings. The second-order valence-electron chi connectivity index (χ2n) is 16.3. The van der Waals surface area contributed by atoms with Crippen molar-refractivity contribution >= 4 is 21.8 Å². The predicted molar refractivity (Wildman–Crippen MR) is 246 cm³/mol. The van der Waals surface area contributed by atoms with E-state index in [2.05, 4.69) is 219 Å². The lowest BCUT2D eigenvalue weighted by molar-refractivity contribution is 0.661. The Morgan fingerprint density at radius 2 is 0.949 bits per heavy atom. The molecule has 8 aromatic carbocycles. The van der Waals surface area contributed by atoms with Gasteiger partial charge >= 0.3 is 0 Å². The predicted octanol–water partition coefficient (Wildman–Crippen LogP) is 14.5. The van der Waals surface area contributed by atoms with Gasteiger partial charge in [-0.2, -0.15) is 0 Å². The van der Waals surface area contributed by atoms with E-state index in [1.54, 1.807) is 0 Å². The summed E-state index contributed by atoms with van der Waals surface area (Å²) in [5, 5.41) is 2.50. The van der Waals surface area contributed by atoms with Crippen LogP contribution in [0.1, 0.15) is 30.5 Å². The maximum Gasteiger partial charge on any atom is 0.160 e. The molecule has 0 spiro atoms. The zero-order valence-electron chi connectivity index (χ0n) is 33.3. The van der Waals surface area contributed by atoms with Gasteiger partial charge in [-0.3, -0.25) is 0 Å². The molecule has 0 N–H and O–H groups in total. The van der Waals surface area contributed by atoms with Crippen molar-refractivity contribution in [2.45, 2.75) is 26.2 Å². The van der Waals surface area contributed by atoms with E-state index < -0.39 is 0 Å². The van der Waals surface area contributed by atoms with Gasteiger partial charge in [-0.05, 0) is 100.0 Å². The van der Waals surface area contributed by atoms with E-state index >= 15 is 0 Å². The van der Waals surface area contributed by atoms with Crippen LogP contribution in [0.25, 0.3) is 94.8 Å². The molecule has 280 valence electrons. The molecular formula is C56H41N3. The normalized spacial score (nSPS) is 12.8. The first kappa shape index (κ1) is 34.9. The van der Waals surface area contributed by atoms with Crippen LogP contribution >= 0.6 is 0 Å². The van der Waals surface area contributed by atoms with Gasteiger partial charge in [-0.15, -0.1) is 0 Å². The lowest BCUT2D eigenvalue weighted by Gasteiger charge is -2.21. The molecular weight excluding hydrogens is 715 g/mol. The molecule has 0 amide bonds. The second kappa shape index (κ2) is 13.6. The van der Waals surface area contributed by atoms with Gasteiger partial charge in [0.25, 0.3) is 0 Å². The van der Waals surface area contributed by atoms with Crippen LogP contribution in [0, 0.1) is 6.92 Å². The third-order valence-corrected chi connectivity index (χ3v) is 12.4. The molecule has 0 bridgehead atoms. The molecule has 1 aliphatic carbocycles. The second-order valence-corrected chi connectivity index (χ2v) is 16.3. The summed E-state index contributed by atoms with van der Waals surface area (Å²) in [5.41, 5.74) is 19.3. The fourth-order valence-electron chi connectivity index (χ4n) is 9.39. The highest BCUT2D eigenvalue weighted by atomic mass is 15.0. The fourth-order valence-corrected chi connectivity index (χ4v) is 9.39. The Kier molecular flexibility index (Phi) is 8.06. The Labute approximate surface area is 345 Å². The summed E-state index contributed by atoms with van der Waals surface area (Å²) in [6, 6.07) is 69.9. The highest BCUT2D eigenvalue weighted by Gasteiger charge is 2.36. The molecule has 0 fully saturated rings. The van der Waals surface area contributed by atoms with Gasteiger partial charge in [-0.1, -0.05) is 159 Å². The summed E-state index contributed by atoms with van der Waals surface area (Å²) in [6.07, 6.45) is 0. The van der Waals surface area contributed by atoms with Gasteiger partial charge in [0.1, 0.15) is 0 Å². The maximum atomic E-state index is 5.48. The molecule has 0 aliphatic heterocycles. The number of rotatable bonds is 6. The Morgan fingerprint density at radius 1 is 0.390 bits per heavy atom.